The number of hydrogen-bond donors (Lipinski definition) is 0. The predicted octanol–water partition coefficient (Wildman–Crippen LogP) is 4.70. The molecule has 0 radical (unpaired) electrons. The molecule has 3 heterocycles. The predicted molar refractivity (Wildman–Crippen MR) is 101 cm³/mol. The van der Waals surface area contributed by atoms with E-state index in [0.29, 0.717) is 23.8 Å². The van der Waals surface area contributed by atoms with Crippen molar-refractivity contribution in [2.24, 2.45) is 0 Å². The minimum atomic E-state index is -1.13. The summed E-state index contributed by atoms with van der Waals surface area (Å²) < 4.78 is 16.8. The first kappa shape index (κ1) is 16.6. The third-order valence-corrected chi connectivity index (χ3v) is 5.00. The fourth-order valence-electron chi connectivity index (χ4n) is 2.84. The fourth-order valence-corrected chi connectivity index (χ4v) is 3.53. The third-order valence-electron chi connectivity index (χ3n) is 4.14. The summed E-state index contributed by atoms with van der Waals surface area (Å²) in [6.45, 7) is 0.605. The zero-order valence-corrected chi connectivity index (χ0v) is 14.8. The van der Waals surface area contributed by atoms with Crippen LogP contribution in [0.3, 0.4) is 0 Å². The van der Waals surface area contributed by atoms with Gasteiger partial charge in [-0.25, -0.2) is 4.39 Å². The van der Waals surface area contributed by atoms with Crippen LogP contribution in [0.25, 0.3) is 11.5 Å². The molecule has 4 aromatic rings. The van der Waals surface area contributed by atoms with Crippen molar-refractivity contribution in [2.45, 2.75) is 19.1 Å². The Hall–Kier alpha value is -2.86. The average Bonchev–Trinajstić information content (AvgIpc) is 3.34. The Bertz CT molecular complexity index is 952. The second-order valence-electron chi connectivity index (χ2n) is 5.90. The zero-order chi connectivity index (χ0) is 17.8. The normalized spacial score (nSPS) is 12.2. The van der Waals surface area contributed by atoms with Crippen molar-refractivity contribution in [3.05, 3.63) is 88.5 Å². The summed E-state index contributed by atoms with van der Waals surface area (Å²) in [7, 11) is 0. The SMILES string of the molecule is FC(Cc1nnc(-c2ccccn2)n1Cc1cccs1)c1ccccc1. The highest BCUT2D eigenvalue weighted by Crippen LogP contribution is 2.25. The molecule has 0 spiro atoms. The summed E-state index contributed by atoms with van der Waals surface area (Å²) in [6, 6.07) is 18.9. The number of benzene rings is 1. The van der Waals surface area contributed by atoms with Gasteiger partial charge in [0.05, 0.1) is 6.54 Å². The van der Waals surface area contributed by atoms with Gasteiger partial charge in [0.2, 0.25) is 0 Å². The Morgan fingerprint density at radius 1 is 0.962 bits per heavy atom. The molecule has 26 heavy (non-hydrogen) atoms. The second-order valence-corrected chi connectivity index (χ2v) is 6.93. The van der Waals surface area contributed by atoms with Gasteiger partial charge in [0, 0.05) is 17.5 Å². The second kappa shape index (κ2) is 7.58. The van der Waals surface area contributed by atoms with E-state index in [1.807, 2.05) is 52.4 Å². The van der Waals surface area contributed by atoms with Crippen LogP contribution in [0.4, 0.5) is 4.39 Å². The van der Waals surface area contributed by atoms with E-state index in [4.69, 9.17) is 0 Å². The Kier molecular flexibility index (Phi) is 4.84. The summed E-state index contributed by atoms with van der Waals surface area (Å²) in [5, 5.41) is 10.6. The standard InChI is InChI=1S/C20H17FN4S/c21-17(15-7-2-1-3-8-15)13-19-23-24-20(18-10-4-5-11-22-18)25(19)14-16-9-6-12-26-16/h1-12,17H,13-14H2. The van der Waals surface area contributed by atoms with Crippen LogP contribution in [0.1, 0.15) is 22.4 Å². The lowest BCUT2D eigenvalue weighted by Gasteiger charge is -2.11. The van der Waals surface area contributed by atoms with E-state index >= 15 is 0 Å². The molecule has 4 rings (SSSR count). The Balaban J connectivity index is 1.69. The van der Waals surface area contributed by atoms with Crippen LogP contribution in [0.2, 0.25) is 0 Å². The highest BCUT2D eigenvalue weighted by atomic mass is 32.1. The topological polar surface area (TPSA) is 43.6 Å². The number of pyridine rings is 1. The number of hydrogen-bond acceptors (Lipinski definition) is 4. The number of thiophene rings is 1. The van der Waals surface area contributed by atoms with Gasteiger partial charge in [0.25, 0.3) is 0 Å². The summed E-state index contributed by atoms with van der Waals surface area (Å²) in [6.07, 6.45) is 0.773. The van der Waals surface area contributed by atoms with E-state index in [1.165, 1.54) is 4.88 Å². The van der Waals surface area contributed by atoms with Crippen LogP contribution in [0.5, 0.6) is 0 Å². The van der Waals surface area contributed by atoms with E-state index < -0.39 is 6.17 Å². The summed E-state index contributed by atoms with van der Waals surface area (Å²) in [4.78, 5) is 5.54. The van der Waals surface area contributed by atoms with E-state index in [0.717, 1.165) is 5.69 Å². The van der Waals surface area contributed by atoms with Gasteiger partial charge >= 0.3 is 0 Å². The molecule has 1 aromatic carbocycles. The molecule has 0 aliphatic carbocycles. The maximum absolute atomic E-state index is 14.8. The molecule has 6 heteroatoms. The van der Waals surface area contributed by atoms with Crippen LogP contribution >= 0.6 is 11.3 Å². The van der Waals surface area contributed by atoms with Gasteiger partial charge in [-0.05, 0) is 29.1 Å². The molecule has 0 saturated heterocycles. The number of aromatic nitrogens is 4. The van der Waals surface area contributed by atoms with Gasteiger partial charge < -0.3 is 4.57 Å². The van der Waals surface area contributed by atoms with Gasteiger partial charge in [-0.1, -0.05) is 42.5 Å². The first-order valence-corrected chi connectivity index (χ1v) is 9.24. The van der Waals surface area contributed by atoms with Crippen molar-refractivity contribution < 1.29 is 4.39 Å². The lowest BCUT2D eigenvalue weighted by atomic mass is 10.1. The van der Waals surface area contributed by atoms with E-state index in [-0.39, 0.29) is 6.42 Å². The lowest BCUT2D eigenvalue weighted by Crippen LogP contribution is -2.09. The molecular weight excluding hydrogens is 347 g/mol. The highest BCUT2D eigenvalue weighted by molar-refractivity contribution is 7.09. The smallest absolute Gasteiger partial charge is 0.182 e. The van der Waals surface area contributed by atoms with E-state index in [2.05, 4.69) is 21.2 Å². The lowest BCUT2D eigenvalue weighted by molar-refractivity contribution is 0.333. The van der Waals surface area contributed by atoms with Crippen LogP contribution in [-0.2, 0) is 13.0 Å². The van der Waals surface area contributed by atoms with Gasteiger partial charge in [0.15, 0.2) is 5.82 Å². The largest absolute Gasteiger partial charge is 0.304 e. The van der Waals surface area contributed by atoms with Gasteiger partial charge in [-0.2, -0.15) is 0 Å². The maximum Gasteiger partial charge on any atom is 0.182 e. The molecule has 3 aromatic heterocycles. The molecule has 0 aliphatic rings. The molecule has 4 nitrogen and oxygen atoms in total. The molecular formula is C20H17FN4S. The number of rotatable bonds is 6. The molecule has 0 N–H and O–H groups in total. The number of alkyl halides is 1. The minimum Gasteiger partial charge on any atom is -0.304 e. The first-order valence-electron chi connectivity index (χ1n) is 8.36. The van der Waals surface area contributed by atoms with E-state index in [1.54, 1.807) is 29.7 Å². The number of nitrogens with zero attached hydrogens (tertiary/aromatic N) is 4. The molecule has 1 atom stereocenters. The quantitative estimate of drug-likeness (QED) is 0.498. The molecule has 0 bridgehead atoms. The van der Waals surface area contributed by atoms with Crippen molar-refractivity contribution in [3.63, 3.8) is 0 Å². The first-order chi connectivity index (χ1) is 12.8. The van der Waals surface area contributed by atoms with Gasteiger partial charge in [-0.15, -0.1) is 21.5 Å². The van der Waals surface area contributed by atoms with Crippen LogP contribution < -0.4 is 0 Å². The minimum absolute atomic E-state index is 0.176. The van der Waals surface area contributed by atoms with Crippen LogP contribution in [-0.4, -0.2) is 19.7 Å². The molecule has 130 valence electrons. The molecule has 0 aliphatic heterocycles. The van der Waals surface area contributed by atoms with Crippen molar-refractivity contribution in [1.82, 2.24) is 19.7 Å². The third kappa shape index (κ3) is 3.55. The summed E-state index contributed by atoms with van der Waals surface area (Å²) in [5.41, 5.74) is 1.38. The summed E-state index contributed by atoms with van der Waals surface area (Å²) in [5.74, 6) is 1.28. The van der Waals surface area contributed by atoms with Gasteiger partial charge in [0.1, 0.15) is 17.7 Å². The van der Waals surface area contributed by atoms with Crippen LogP contribution in [0, 0.1) is 0 Å². The Morgan fingerprint density at radius 2 is 1.81 bits per heavy atom. The Morgan fingerprint density at radius 3 is 2.54 bits per heavy atom. The van der Waals surface area contributed by atoms with Crippen molar-refractivity contribution >= 4 is 11.3 Å². The van der Waals surface area contributed by atoms with E-state index in [9.17, 15) is 4.39 Å². The fraction of sp³-hybridized carbons (Fsp3) is 0.150. The average molecular weight is 364 g/mol. The van der Waals surface area contributed by atoms with Gasteiger partial charge in [-0.3, -0.25) is 4.98 Å². The number of halogens is 1. The molecule has 0 amide bonds. The molecule has 1 unspecified atom stereocenters. The summed E-state index contributed by atoms with van der Waals surface area (Å²) >= 11 is 1.66. The maximum atomic E-state index is 14.8. The zero-order valence-electron chi connectivity index (χ0n) is 14.0. The highest BCUT2D eigenvalue weighted by Gasteiger charge is 2.20. The Labute approximate surface area is 155 Å². The molecule has 0 saturated carbocycles. The monoisotopic (exact) mass is 364 g/mol. The van der Waals surface area contributed by atoms with Crippen LogP contribution in [0.15, 0.2) is 72.2 Å². The van der Waals surface area contributed by atoms with Crippen molar-refractivity contribution in [2.75, 3.05) is 0 Å². The molecule has 0 fully saturated rings. The van der Waals surface area contributed by atoms with Crippen molar-refractivity contribution in [3.8, 4) is 11.5 Å². The van der Waals surface area contributed by atoms with Crippen molar-refractivity contribution in [1.29, 1.82) is 0 Å².